The van der Waals surface area contributed by atoms with Gasteiger partial charge in [-0.15, -0.1) is 0 Å². The minimum Gasteiger partial charge on any atom is -0.481 e. The van der Waals surface area contributed by atoms with Gasteiger partial charge in [-0.05, 0) is 38.2 Å². The molecule has 0 saturated carbocycles. The molecule has 35 heavy (non-hydrogen) atoms. The molecular formula is C19H35N7O8S. The second-order valence-electron chi connectivity index (χ2n) is 7.62. The summed E-state index contributed by atoms with van der Waals surface area (Å²) in [5.41, 5.74) is 16.1. The lowest BCUT2D eigenvalue weighted by Crippen LogP contribution is -2.58. The molecule has 0 heterocycles. The molecule has 0 spiro atoms. The zero-order valence-corrected chi connectivity index (χ0v) is 20.4. The number of aliphatic imine (C=N–C) groups is 1. The summed E-state index contributed by atoms with van der Waals surface area (Å²) in [6.45, 7) is 1.42. The van der Waals surface area contributed by atoms with E-state index in [4.69, 9.17) is 22.3 Å². The minimum atomic E-state index is -1.73. The van der Waals surface area contributed by atoms with Crippen molar-refractivity contribution in [3.63, 3.8) is 0 Å². The molecule has 5 unspecified atom stereocenters. The van der Waals surface area contributed by atoms with Crippen LogP contribution in [0.2, 0.25) is 0 Å². The van der Waals surface area contributed by atoms with Gasteiger partial charge in [0.25, 0.3) is 0 Å². The lowest BCUT2D eigenvalue weighted by molar-refractivity contribution is -0.147. The first-order valence-corrected chi connectivity index (χ1v) is 12.0. The van der Waals surface area contributed by atoms with Crippen LogP contribution in [0.1, 0.15) is 32.6 Å². The second kappa shape index (κ2) is 16.5. The molecule has 0 fully saturated rings. The number of carbonyl (C=O) groups excluding carboxylic acids is 3. The minimum absolute atomic E-state index is 0.0237. The van der Waals surface area contributed by atoms with E-state index < -0.39 is 66.4 Å². The highest BCUT2D eigenvalue weighted by atomic mass is 32.2. The second-order valence-corrected chi connectivity index (χ2v) is 8.60. The van der Waals surface area contributed by atoms with Gasteiger partial charge in [0, 0.05) is 6.54 Å². The first-order chi connectivity index (χ1) is 16.3. The van der Waals surface area contributed by atoms with E-state index in [1.165, 1.54) is 18.7 Å². The van der Waals surface area contributed by atoms with Crippen molar-refractivity contribution in [3.05, 3.63) is 0 Å². The average molecular weight is 522 g/mol. The number of rotatable bonds is 17. The van der Waals surface area contributed by atoms with Crippen molar-refractivity contribution in [1.82, 2.24) is 16.0 Å². The highest BCUT2D eigenvalue weighted by Crippen LogP contribution is 2.06. The van der Waals surface area contributed by atoms with Crippen molar-refractivity contribution in [1.29, 1.82) is 0 Å². The van der Waals surface area contributed by atoms with Crippen molar-refractivity contribution in [2.45, 2.75) is 62.9 Å². The van der Waals surface area contributed by atoms with Crippen LogP contribution in [0.5, 0.6) is 0 Å². The number of thioether (sulfide) groups is 1. The van der Waals surface area contributed by atoms with Crippen molar-refractivity contribution in [2.75, 3.05) is 18.6 Å². The molecule has 0 rings (SSSR count). The molecule has 0 aromatic rings. The topological polar surface area (TPSA) is 273 Å². The number of nitrogens with two attached hydrogens (primary N) is 3. The van der Waals surface area contributed by atoms with Gasteiger partial charge in [0.05, 0.1) is 12.5 Å². The quantitative estimate of drug-likeness (QED) is 0.0512. The molecule has 16 heteroatoms. The molecule has 0 radical (unpaired) electrons. The van der Waals surface area contributed by atoms with Crippen molar-refractivity contribution < 1.29 is 39.3 Å². The van der Waals surface area contributed by atoms with Crippen LogP contribution < -0.4 is 33.2 Å². The third kappa shape index (κ3) is 13.4. The molecule has 3 amide bonds. The lowest BCUT2D eigenvalue weighted by atomic mass is 10.1. The first kappa shape index (κ1) is 31.9. The molecule has 0 saturated heterocycles. The van der Waals surface area contributed by atoms with E-state index in [9.17, 15) is 34.2 Å². The third-order valence-electron chi connectivity index (χ3n) is 4.64. The maximum atomic E-state index is 12.9. The molecule has 5 atom stereocenters. The van der Waals surface area contributed by atoms with Gasteiger partial charge in [-0.2, -0.15) is 11.8 Å². The van der Waals surface area contributed by atoms with Gasteiger partial charge in [0.1, 0.15) is 24.2 Å². The predicted molar refractivity (Wildman–Crippen MR) is 128 cm³/mol. The molecule has 0 aromatic carbocycles. The summed E-state index contributed by atoms with van der Waals surface area (Å²) in [7, 11) is 0. The lowest BCUT2D eigenvalue weighted by Gasteiger charge is -2.25. The third-order valence-corrected chi connectivity index (χ3v) is 5.28. The Hall–Kier alpha value is -3.11. The summed E-state index contributed by atoms with van der Waals surface area (Å²) >= 11 is 1.40. The largest absolute Gasteiger partial charge is 0.481 e. The van der Waals surface area contributed by atoms with Gasteiger partial charge < -0.3 is 48.5 Å². The zero-order valence-electron chi connectivity index (χ0n) is 19.6. The van der Waals surface area contributed by atoms with Gasteiger partial charge >= 0.3 is 11.9 Å². The van der Waals surface area contributed by atoms with E-state index in [1.54, 1.807) is 6.26 Å². The highest BCUT2D eigenvalue weighted by molar-refractivity contribution is 7.98. The standard InChI is InChI=1S/C19H35N7O8S/c1-9(27)14(20)17(32)25-11(5-7-35-2)16(31)24-10(4-3-6-23-19(21)22)15(30)26-12(18(33)34)8-13(28)29/h9-12,14,27H,3-8,20H2,1-2H3,(H,24,31)(H,25,32)(H,26,30)(H,28,29)(H,33,34)(H4,21,22,23). The van der Waals surface area contributed by atoms with E-state index in [2.05, 4.69) is 20.9 Å². The molecule has 200 valence electrons. The highest BCUT2D eigenvalue weighted by Gasteiger charge is 2.31. The Bertz CT molecular complexity index is 776. The number of carbonyl (C=O) groups is 5. The number of carboxylic acid groups (broad SMARTS) is 2. The summed E-state index contributed by atoms with van der Waals surface area (Å²) in [5.74, 6) is -5.20. The Morgan fingerprint density at radius 3 is 1.89 bits per heavy atom. The van der Waals surface area contributed by atoms with E-state index in [0.29, 0.717) is 5.75 Å². The number of carboxylic acids is 2. The van der Waals surface area contributed by atoms with Crippen molar-refractivity contribution >= 4 is 47.4 Å². The summed E-state index contributed by atoms with van der Waals surface area (Å²) in [6, 6.07) is -5.41. The number of aliphatic hydroxyl groups excluding tert-OH is 1. The van der Waals surface area contributed by atoms with E-state index in [0.717, 1.165) is 0 Å². The Morgan fingerprint density at radius 2 is 1.43 bits per heavy atom. The SMILES string of the molecule is CSCCC(NC(=O)C(N)C(C)O)C(=O)NC(CCCN=C(N)N)C(=O)NC(CC(=O)O)C(=O)O. The Kier molecular flexibility index (Phi) is 15.0. The monoisotopic (exact) mass is 521 g/mol. The zero-order chi connectivity index (χ0) is 27.1. The van der Waals surface area contributed by atoms with Crippen LogP contribution in [0.15, 0.2) is 4.99 Å². The fraction of sp³-hybridized carbons (Fsp3) is 0.684. The first-order valence-electron chi connectivity index (χ1n) is 10.6. The summed E-state index contributed by atoms with van der Waals surface area (Å²) in [6.07, 6.45) is 0.0953. The van der Waals surface area contributed by atoms with Crippen LogP contribution in [0.25, 0.3) is 0 Å². The molecule has 0 aromatic heterocycles. The van der Waals surface area contributed by atoms with Gasteiger partial charge in [0.15, 0.2) is 5.96 Å². The molecule has 0 bridgehead atoms. The number of aliphatic carboxylic acids is 2. The molecule has 0 aliphatic carbocycles. The summed E-state index contributed by atoms with van der Waals surface area (Å²) < 4.78 is 0. The fourth-order valence-corrected chi connectivity index (χ4v) is 3.15. The van der Waals surface area contributed by atoms with Gasteiger partial charge in [-0.1, -0.05) is 0 Å². The maximum absolute atomic E-state index is 12.9. The predicted octanol–water partition coefficient (Wildman–Crippen LogP) is -3.49. The normalized spacial score (nSPS) is 15.0. The van der Waals surface area contributed by atoms with Crippen LogP contribution in [0.4, 0.5) is 0 Å². The number of aliphatic hydroxyl groups is 1. The van der Waals surface area contributed by atoms with E-state index in [1.807, 2.05) is 0 Å². The van der Waals surface area contributed by atoms with Crippen LogP contribution in [0.3, 0.4) is 0 Å². The van der Waals surface area contributed by atoms with Gasteiger partial charge in [-0.3, -0.25) is 24.2 Å². The Balaban J connectivity index is 5.62. The van der Waals surface area contributed by atoms with E-state index in [-0.39, 0.29) is 31.8 Å². The molecule has 0 aliphatic heterocycles. The molecule has 12 N–H and O–H groups in total. The van der Waals surface area contributed by atoms with Gasteiger partial charge in [-0.25, -0.2) is 4.79 Å². The van der Waals surface area contributed by atoms with Crippen LogP contribution >= 0.6 is 11.8 Å². The number of hydrogen-bond acceptors (Lipinski definition) is 9. The molecule has 0 aliphatic rings. The fourth-order valence-electron chi connectivity index (χ4n) is 2.68. The van der Waals surface area contributed by atoms with Crippen molar-refractivity contribution in [2.24, 2.45) is 22.2 Å². The summed E-state index contributed by atoms with van der Waals surface area (Å²) in [5, 5.41) is 34.6. The average Bonchev–Trinajstić information content (AvgIpc) is 2.76. The number of nitrogens with zero attached hydrogens (tertiary/aromatic N) is 1. The Labute approximate surface area is 206 Å². The van der Waals surface area contributed by atoms with Crippen molar-refractivity contribution in [3.8, 4) is 0 Å². The smallest absolute Gasteiger partial charge is 0.326 e. The number of guanidine groups is 1. The molecular weight excluding hydrogens is 486 g/mol. The Morgan fingerprint density at radius 1 is 0.914 bits per heavy atom. The van der Waals surface area contributed by atoms with Crippen LogP contribution in [-0.4, -0.2) is 99.8 Å². The summed E-state index contributed by atoms with van der Waals surface area (Å²) in [4.78, 5) is 64.0. The van der Waals surface area contributed by atoms with E-state index >= 15 is 0 Å². The number of hydrogen-bond donors (Lipinski definition) is 9. The van der Waals surface area contributed by atoms with Gasteiger partial charge in [0.2, 0.25) is 17.7 Å². The number of nitrogens with one attached hydrogen (secondary N) is 3. The van der Waals surface area contributed by atoms with Crippen LogP contribution in [0, 0.1) is 0 Å². The molecule has 15 nitrogen and oxygen atoms in total. The number of amides is 3. The van der Waals surface area contributed by atoms with Crippen LogP contribution in [-0.2, 0) is 24.0 Å². The maximum Gasteiger partial charge on any atom is 0.326 e.